The lowest BCUT2D eigenvalue weighted by atomic mass is 10.2. The molecule has 0 aromatic carbocycles. The second-order valence-corrected chi connectivity index (χ2v) is 9.61. The molecule has 0 amide bonds. The second-order valence-electron chi connectivity index (χ2n) is 8.03. The molecule has 6 aromatic rings. The second kappa shape index (κ2) is 8.09. The van der Waals surface area contributed by atoms with Crippen LogP contribution in [-0.2, 0) is 28.2 Å². The van der Waals surface area contributed by atoms with Crippen LogP contribution in [0.2, 0.25) is 0 Å². The third-order valence-corrected chi connectivity index (χ3v) is 7.53. The molecular weight excluding hydrogens is 596 g/mol. The van der Waals surface area contributed by atoms with E-state index in [0.717, 1.165) is 0 Å². The van der Waals surface area contributed by atoms with Crippen molar-refractivity contribution in [2.75, 3.05) is 0 Å². The van der Waals surface area contributed by atoms with E-state index in [2.05, 4.69) is 71.7 Å². The normalized spacial score (nSPS) is 11.7. The van der Waals surface area contributed by atoms with Crippen LogP contribution in [0.4, 0.5) is 0 Å². The summed E-state index contributed by atoms with van der Waals surface area (Å²) in [5.74, 6) is 0. The summed E-state index contributed by atoms with van der Waals surface area (Å²) in [6.45, 7) is 0. The van der Waals surface area contributed by atoms with E-state index in [0.29, 0.717) is 64.9 Å². The fraction of sp³-hybridized carbons (Fsp3) is 0.190. The zero-order valence-electron chi connectivity index (χ0n) is 19.3. The van der Waals surface area contributed by atoms with Gasteiger partial charge in [0.2, 0.25) is 5.43 Å². The van der Waals surface area contributed by atoms with Crippen LogP contribution in [0.25, 0.3) is 55.9 Å². The van der Waals surface area contributed by atoms with Crippen LogP contribution in [0.1, 0.15) is 0 Å². The Morgan fingerprint density at radius 1 is 0.472 bits per heavy atom. The van der Waals surface area contributed by atoms with Crippen LogP contribution in [0.3, 0.4) is 0 Å². The third-order valence-electron chi connectivity index (χ3n) is 6.12. The van der Waals surface area contributed by atoms with Gasteiger partial charge in [0.15, 0.2) is 45.2 Å². The Bertz CT molecular complexity index is 1910. The Morgan fingerprint density at radius 3 is 1.00 bits per heavy atom. The molecule has 0 fully saturated rings. The van der Waals surface area contributed by atoms with Crippen molar-refractivity contribution in [3.05, 3.63) is 44.5 Å². The maximum atomic E-state index is 14.1. The number of pyridine rings is 1. The molecule has 0 N–H and O–H groups in total. The first kappa shape index (κ1) is 22.6. The van der Waals surface area contributed by atoms with E-state index >= 15 is 0 Å². The van der Waals surface area contributed by atoms with Gasteiger partial charge in [0.1, 0.15) is 45.0 Å². The van der Waals surface area contributed by atoms with Crippen molar-refractivity contribution >= 4 is 87.8 Å². The lowest BCUT2D eigenvalue weighted by molar-refractivity contribution is 0.891. The van der Waals surface area contributed by atoms with Crippen molar-refractivity contribution in [2.24, 2.45) is 28.2 Å². The van der Waals surface area contributed by atoms with Crippen molar-refractivity contribution < 1.29 is 0 Å². The molecule has 36 heavy (non-hydrogen) atoms. The van der Waals surface area contributed by atoms with E-state index in [4.69, 9.17) is 0 Å². The van der Waals surface area contributed by atoms with Crippen molar-refractivity contribution in [3.8, 4) is 0 Å². The first-order valence-electron chi connectivity index (χ1n) is 10.5. The van der Waals surface area contributed by atoms with Crippen LogP contribution in [0.15, 0.2) is 39.0 Å². The van der Waals surface area contributed by atoms with Crippen molar-refractivity contribution in [1.82, 2.24) is 58.1 Å². The molecule has 0 radical (unpaired) electrons. The molecule has 6 heterocycles. The van der Waals surface area contributed by atoms with Gasteiger partial charge in [-0.05, 0) is 31.9 Å². The number of hydrogen-bond acceptors (Lipinski definition) is 9. The van der Waals surface area contributed by atoms with Gasteiger partial charge in [-0.15, -0.1) is 0 Å². The van der Waals surface area contributed by atoms with Gasteiger partial charge < -0.3 is 18.3 Å². The molecule has 6 aromatic heterocycles. The monoisotopic (exact) mass is 610 g/mol. The molecule has 0 aliphatic carbocycles. The highest BCUT2D eigenvalue weighted by molar-refractivity contribution is 9.11. The summed E-state index contributed by atoms with van der Waals surface area (Å²) in [5, 5.41) is 0.610. The highest BCUT2D eigenvalue weighted by atomic mass is 79.9. The summed E-state index contributed by atoms with van der Waals surface area (Å²) in [6.07, 6.45) is 5.71. The van der Waals surface area contributed by atoms with Gasteiger partial charge in [0.05, 0.1) is 0 Å². The average Bonchev–Trinajstić information content (AvgIpc) is 2.89. The van der Waals surface area contributed by atoms with Gasteiger partial charge in [-0.3, -0.25) is 4.79 Å². The number of aromatic nitrogens is 12. The van der Waals surface area contributed by atoms with Crippen LogP contribution in [0.5, 0.6) is 0 Å². The topological polar surface area (TPSA) is 140 Å². The number of rotatable bonds is 0. The Hall–Kier alpha value is -3.85. The van der Waals surface area contributed by atoms with E-state index in [-0.39, 0.29) is 5.43 Å². The number of hydrogen-bond donors (Lipinski definition) is 0. The highest BCUT2D eigenvalue weighted by Gasteiger charge is 2.19. The van der Waals surface area contributed by atoms with Gasteiger partial charge >= 0.3 is 0 Å². The fourth-order valence-electron chi connectivity index (χ4n) is 4.32. The summed E-state index contributed by atoms with van der Waals surface area (Å²) < 4.78 is 8.17. The summed E-state index contributed by atoms with van der Waals surface area (Å²) in [4.78, 5) is 49.8. The predicted molar refractivity (Wildman–Crippen MR) is 140 cm³/mol. The van der Waals surface area contributed by atoms with E-state index in [9.17, 15) is 4.79 Å². The molecule has 0 atom stereocenters. The molecule has 6 bridgehead atoms. The first-order chi connectivity index (χ1) is 17.3. The van der Waals surface area contributed by atoms with Gasteiger partial charge in [-0.25, -0.2) is 39.9 Å². The molecule has 0 saturated carbocycles. The zero-order valence-corrected chi connectivity index (χ0v) is 22.5. The maximum absolute atomic E-state index is 14.1. The van der Waals surface area contributed by atoms with Crippen LogP contribution < -0.4 is 5.43 Å². The molecule has 0 saturated heterocycles. The summed E-state index contributed by atoms with van der Waals surface area (Å²) >= 11 is 7.31. The van der Waals surface area contributed by atoms with E-state index < -0.39 is 0 Å². The molecular formula is C21H16Br2N12O. The van der Waals surface area contributed by atoms with Gasteiger partial charge in [-0.2, -0.15) is 0 Å². The molecule has 180 valence electrons. The lowest BCUT2D eigenvalue weighted by Crippen LogP contribution is -2.16. The minimum absolute atomic E-state index is 0.305. The smallest absolute Gasteiger partial charge is 0.208 e. The van der Waals surface area contributed by atoms with Gasteiger partial charge in [0.25, 0.3) is 0 Å². The van der Waals surface area contributed by atoms with Crippen molar-refractivity contribution in [3.63, 3.8) is 0 Å². The molecule has 6 rings (SSSR count). The SMILES string of the molecule is Cn1c2ncnc(c2Br)n(C)c2ncnc3c2c(=O)c2c(ncnc2n3C)n(C)c2ncnc1c2Br. The quantitative estimate of drug-likeness (QED) is 0.237. The van der Waals surface area contributed by atoms with E-state index in [1.807, 2.05) is 7.05 Å². The average molecular weight is 612 g/mol. The number of nitrogens with zero attached hydrogens (tertiary/aromatic N) is 12. The molecule has 0 unspecified atom stereocenters. The van der Waals surface area contributed by atoms with Gasteiger partial charge in [0, 0.05) is 28.2 Å². The first-order valence-corrected chi connectivity index (χ1v) is 12.1. The molecule has 13 nitrogen and oxygen atoms in total. The minimum atomic E-state index is -0.312. The van der Waals surface area contributed by atoms with Gasteiger partial charge in [-0.1, -0.05) is 0 Å². The standard InChI is InChI=1S/C21H16Br2N12O/c1-32-14-9-13(36)10-15(32)25-6-27-17(10)34(3)19-12(23)21(31-8-29-19)35(4)20-11(22)18(28-7-30-20)33(2)16(9)26-5-24-14/h5-8H,1-4H3. The predicted octanol–water partition coefficient (Wildman–Crippen LogP) is 2.54. The highest BCUT2D eigenvalue weighted by Crippen LogP contribution is 2.26. The Kier molecular flexibility index (Phi) is 5.08. The molecule has 0 aliphatic heterocycles. The number of aryl methyl sites for hydroxylation is 4. The van der Waals surface area contributed by atoms with E-state index in [1.165, 1.54) is 25.3 Å². The maximum Gasteiger partial charge on any atom is 0.208 e. The summed E-state index contributed by atoms with van der Waals surface area (Å²) in [5.41, 5.74) is 3.39. The molecule has 0 spiro atoms. The van der Waals surface area contributed by atoms with Crippen molar-refractivity contribution in [1.29, 1.82) is 0 Å². The number of halogens is 2. The summed E-state index contributed by atoms with van der Waals surface area (Å²) in [7, 11) is 7.19. The fourth-order valence-corrected chi connectivity index (χ4v) is 5.80. The molecule has 0 aliphatic rings. The summed E-state index contributed by atoms with van der Waals surface area (Å²) in [6, 6.07) is 0. The number of fused-ring (bicyclic) bond motifs is 4. The largest absolute Gasteiger partial charge is 0.313 e. The lowest BCUT2D eigenvalue weighted by Gasteiger charge is -2.13. The minimum Gasteiger partial charge on any atom is -0.313 e. The van der Waals surface area contributed by atoms with Crippen LogP contribution in [-0.4, -0.2) is 58.1 Å². The third kappa shape index (κ3) is 3.02. The Morgan fingerprint density at radius 2 is 0.694 bits per heavy atom. The Labute approximate surface area is 218 Å². The van der Waals surface area contributed by atoms with Crippen molar-refractivity contribution in [2.45, 2.75) is 0 Å². The van der Waals surface area contributed by atoms with Crippen LogP contribution >= 0.6 is 31.9 Å². The zero-order chi connectivity index (χ0) is 25.3. The van der Waals surface area contributed by atoms with E-state index in [1.54, 1.807) is 39.4 Å². The Balaban J connectivity index is 2.11. The molecule has 15 heteroatoms. The van der Waals surface area contributed by atoms with Crippen LogP contribution in [0, 0.1) is 0 Å².